The third-order valence-corrected chi connectivity index (χ3v) is 7.02. The van der Waals surface area contributed by atoms with E-state index in [1.54, 1.807) is 48.1 Å². The highest BCUT2D eigenvalue weighted by Crippen LogP contribution is 2.34. The molecule has 1 saturated heterocycles. The lowest BCUT2D eigenvalue weighted by Gasteiger charge is -2.19. The van der Waals surface area contributed by atoms with E-state index in [2.05, 4.69) is 0 Å². The SMILES string of the molecule is Cc1ccc(C(=O)OC[C@H]2O[C@@H](n3ccc4c(=O)n(C)c(=O)n(C)c43)C[C@@H]2OC(=O)c2ccc(C)cc2)cc1. The maximum atomic E-state index is 13.0. The van der Waals surface area contributed by atoms with Crippen molar-refractivity contribution in [3.8, 4) is 0 Å². The van der Waals surface area contributed by atoms with Crippen LogP contribution in [0.15, 0.2) is 70.4 Å². The van der Waals surface area contributed by atoms with Crippen LogP contribution in [0.1, 0.15) is 44.5 Å². The second-order valence-corrected chi connectivity index (χ2v) is 9.81. The van der Waals surface area contributed by atoms with Crippen molar-refractivity contribution in [2.45, 2.75) is 38.7 Å². The summed E-state index contributed by atoms with van der Waals surface area (Å²) in [7, 11) is 3.00. The van der Waals surface area contributed by atoms with Crippen LogP contribution < -0.4 is 11.2 Å². The van der Waals surface area contributed by atoms with E-state index in [9.17, 15) is 19.2 Å². The van der Waals surface area contributed by atoms with E-state index >= 15 is 0 Å². The monoisotopic (exact) mass is 531 g/mol. The molecule has 39 heavy (non-hydrogen) atoms. The Morgan fingerprint density at radius 1 is 0.872 bits per heavy atom. The zero-order chi connectivity index (χ0) is 27.8. The number of benzene rings is 2. The fourth-order valence-electron chi connectivity index (χ4n) is 4.75. The van der Waals surface area contributed by atoms with E-state index in [-0.39, 0.29) is 13.0 Å². The molecule has 5 rings (SSSR count). The number of hydrogen-bond donors (Lipinski definition) is 0. The second kappa shape index (κ2) is 10.4. The van der Waals surface area contributed by atoms with Crippen LogP contribution in [0.3, 0.4) is 0 Å². The van der Waals surface area contributed by atoms with Crippen LogP contribution >= 0.6 is 0 Å². The summed E-state index contributed by atoms with van der Waals surface area (Å²) in [6, 6.07) is 15.6. The van der Waals surface area contributed by atoms with Crippen molar-refractivity contribution in [1.29, 1.82) is 0 Å². The van der Waals surface area contributed by atoms with E-state index in [0.717, 1.165) is 15.7 Å². The van der Waals surface area contributed by atoms with Crippen molar-refractivity contribution < 1.29 is 23.8 Å². The Labute approximate surface area is 224 Å². The standard InChI is InChI=1S/C29H29N3O7/c1-17-5-9-19(10-6-17)27(34)37-16-23-22(39-28(35)20-11-7-18(2)8-12-20)15-24(38-23)32-14-13-21-25(32)30(3)29(36)31(4)26(21)33/h5-14,22-24H,15-16H2,1-4H3/t22-,23+,24+/m0/s1. The summed E-state index contributed by atoms with van der Waals surface area (Å²) in [5, 5.41) is 0.352. The van der Waals surface area contributed by atoms with Crippen LogP contribution in [0.25, 0.3) is 11.0 Å². The van der Waals surface area contributed by atoms with Gasteiger partial charge in [0.2, 0.25) is 0 Å². The van der Waals surface area contributed by atoms with Gasteiger partial charge in [-0.15, -0.1) is 0 Å². The molecule has 1 aliphatic heterocycles. The largest absolute Gasteiger partial charge is 0.459 e. The number of nitrogens with zero attached hydrogens (tertiary/aromatic N) is 3. The molecule has 0 saturated carbocycles. The Morgan fingerprint density at radius 2 is 1.46 bits per heavy atom. The van der Waals surface area contributed by atoms with Gasteiger partial charge in [0, 0.05) is 26.7 Å². The van der Waals surface area contributed by atoms with Gasteiger partial charge < -0.3 is 18.8 Å². The zero-order valence-electron chi connectivity index (χ0n) is 22.1. The lowest BCUT2D eigenvalue weighted by atomic mass is 10.1. The van der Waals surface area contributed by atoms with Gasteiger partial charge in [0.15, 0.2) is 0 Å². The topological polar surface area (TPSA) is 111 Å². The average molecular weight is 532 g/mol. The van der Waals surface area contributed by atoms with Crippen LogP contribution in [0.4, 0.5) is 0 Å². The van der Waals surface area contributed by atoms with Crippen LogP contribution in [0.2, 0.25) is 0 Å². The van der Waals surface area contributed by atoms with Crippen molar-refractivity contribution in [2.75, 3.05) is 6.61 Å². The first-order chi connectivity index (χ1) is 18.6. The van der Waals surface area contributed by atoms with E-state index < -0.39 is 41.6 Å². The quantitative estimate of drug-likeness (QED) is 0.352. The minimum atomic E-state index is -0.778. The van der Waals surface area contributed by atoms with Gasteiger partial charge in [-0.2, -0.15) is 0 Å². The Hall–Kier alpha value is -4.44. The summed E-state index contributed by atoms with van der Waals surface area (Å²) in [4.78, 5) is 50.9. The van der Waals surface area contributed by atoms with E-state index in [1.165, 1.54) is 11.6 Å². The third-order valence-electron chi connectivity index (χ3n) is 7.02. The van der Waals surface area contributed by atoms with Crippen LogP contribution in [-0.4, -0.2) is 44.5 Å². The minimum absolute atomic E-state index is 0.158. The lowest BCUT2D eigenvalue weighted by Crippen LogP contribution is -2.37. The molecule has 202 valence electrons. The molecular formula is C29H29N3O7. The fourth-order valence-corrected chi connectivity index (χ4v) is 4.75. The molecule has 0 radical (unpaired) electrons. The number of carbonyl (C=O) groups is 2. The summed E-state index contributed by atoms with van der Waals surface area (Å²) in [6.07, 6.45) is -0.331. The summed E-state index contributed by atoms with van der Waals surface area (Å²) >= 11 is 0. The fraction of sp³-hybridized carbons (Fsp3) is 0.310. The molecule has 4 aromatic rings. The third kappa shape index (κ3) is 5.03. The maximum absolute atomic E-state index is 13.0. The summed E-state index contributed by atoms with van der Waals surface area (Å²) < 4.78 is 21.7. The van der Waals surface area contributed by atoms with Gasteiger partial charge in [0.05, 0.1) is 16.5 Å². The van der Waals surface area contributed by atoms with Crippen LogP contribution in [0, 0.1) is 13.8 Å². The average Bonchev–Trinajstić information content (AvgIpc) is 3.54. The van der Waals surface area contributed by atoms with Crippen molar-refractivity contribution >= 4 is 23.0 Å². The zero-order valence-corrected chi connectivity index (χ0v) is 22.1. The first kappa shape index (κ1) is 26.2. The first-order valence-electron chi connectivity index (χ1n) is 12.6. The van der Waals surface area contributed by atoms with Gasteiger partial charge in [-0.3, -0.25) is 13.9 Å². The molecule has 0 spiro atoms. The molecule has 1 aliphatic rings. The molecule has 2 aromatic carbocycles. The molecule has 10 nitrogen and oxygen atoms in total. The number of ether oxygens (including phenoxy) is 3. The molecule has 2 aromatic heterocycles. The number of fused-ring (bicyclic) bond motifs is 1. The number of aromatic nitrogens is 3. The van der Waals surface area contributed by atoms with Gasteiger partial charge >= 0.3 is 17.6 Å². The Kier molecular flexibility index (Phi) is 6.96. The van der Waals surface area contributed by atoms with Crippen LogP contribution in [-0.2, 0) is 28.3 Å². The van der Waals surface area contributed by atoms with Gasteiger partial charge in [-0.05, 0) is 44.2 Å². The molecule has 0 bridgehead atoms. The number of rotatable bonds is 6. The van der Waals surface area contributed by atoms with Gasteiger partial charge in [0.25, 0.3) is 5.56 Å². The van der Waals surface area contributed by atoms with E-state index in [1.807, 2.05) is 38.1 Å². The number of aryl methyl sites for hydroxylation is 3. The Morgan fingerprint density at radius 3 is 2.08 bits per heavy atom. The molecule has 10 heteroatoms. The molecule has 0 N–H and O–H groups in total. The predicted octanol–water partition coefficient (Wildman–Crippen LogP) is 3.03. The van der Waals surface area contributed by atoms with Gasteiger partial charge in [0.1, 0.15) is 30.7 Å². The molecular weight excluding hydrogens is 502 g/mol. The minimum Gasteiger partial charge on any atom is -0.459 e. The van der Waals surface area contributed by atoms with Crippen molar-refractivity contribution in [3.63, 3.8) is 0 Å². The lowest BCUT2D eigenvalue weighted by molar-refractivity contribution is -0.0563. The number of esters is 2. The summed E-state index contributed by atoms with van der Waals surface area (Å²) in [6.45, 7) is 3.69. The van der Waals surface area contributed by atoms with E-state index in [0.29, 0.717) is 22.2 Å². The molecule has 0 amide bonds. The molecule has 0 aliphatic carbocycles. The summed E-state index contributed by atoms with van der Waals surface area (Å²) in [5.74, 6) is -1.05. The normalized spacial score (nSPS) is 18.8. The second-order valence-electron chi connectivity index (χ2n) is 9.81. The smallest absolute Gasteiger partial charge is 0.338 e. The Balaban J connectivity index is 1.42. The maximum Gasteiger partial charge on any atom is 0.338 e. The van der Waals surface area contributed by atoms with Gasteiger partial charge in [-0.25, -0.2) is 14.4 Å². The highest BCUT2D eigenvalue weighted by Gasteiger charge is 2.40. The molecule has 0 unspecified atom stereocenters. The van der Waals surface area contributed by atoms with Crippen molar-refractivity contribution in [1.82, 2.24) is 13.7 Å². The highest BCUT2D eigenvalue weighted by atomic mass is 16.6. The predicted molar refractivity (Wildman–Crippen MR) is 143 cm³/mol. The van der Waals surface area contributed by atoms with Gasteiger partial charge in [-0.1, -0.05) is 35.4 Å². The Bertz CT molecular complexity index is 1660. The number of hydrogen-bond acceptors (Lipinski definition) is 7. The van der Waals surface area contributed by atoms with E-state index in [4.69, 9.17) is 14.2 Å². The summed E-state index contributed by atoms with van der Waals surface area (Å²) in [5.41, 5.74) is 2.29. The first-order valence-corrected chi connectivity index (χ1v) is 12.6. The highest BCUT2D eigenvalue weighted by molar-refractivity contribution is 5.90. The molecule has 3 heterocycles. The van der Waals surface area contributed by atoms with Crippen molar-refractivity contribution in [2.24, 2.45) is 14.1 Å². The molecule has 3 atom stereocenters. The van der Waals surface area contributed by atoms with Crippen molar-refractivity contribution in [3.05, 3.63) is 104 Å². The molecule has 1 fully saturated rings. The number of carbonyl (C=O) groups excluding carboxylic acids is 2. The van der Waals surface area contributed by atoms with Crippen LogP contribution in [0.5, 0.6) is 0 Å².